The minimum Gasteiger partial charge on any atom is -0.465 e. The molecule has 21 heavy (non-hydrogen) atoms. The molecule has 0 saturated carbocycles. The highest BCUT2D eigenvalue weighted by Crippen LogP contribution is 2.28. The second-order valence-electron chi connectivity index (χ2n) is 5.28. The van der Waals surface area contributed by atoms with Crippen molar-refractivity contribution in [1.82, 2.24) is 5.32 Å². The first-order chi connectivity index (χ1) is 10.2. The number of carbonyl (C=O) groups excluding carboxylic acids is 1. The molecule has 0 heterocycles. The smallest absolute Gasteiger partial charge is 0.323 e. The summed E-state index contributed by atoms with van der Waals surface area (Å²) in [7, 11) is 0. The Morgan fingerprint density at radius 3 is 2.90 bits per heavy atom. The van der Waals surface area contributed by atoms with E-state index in [1.165, 1.54) is 35.3 Å². The summed E-state index contributed by atoms with van der Waals surface area (Å²) >= 11 is 1.83. The van der Waals surface area contributed by atoms with Crippen LogP contribution in [0.15, 0.2) is 23.1 Å². The summed E-state index contributed by atoms with van der Waals surface area (Å²) in [6.07, 6.45) is 4.53. The third-order valence-electron chi connectivity index (χ3n) is 3.77. The van der Waals surface area contributed by atoms with Gasteiger partial charge in [0.15, 0.2) is 0 Å². The number of rotatable bonds is 8. The van der Waals surface area contributed by atoms with Gasteiger partial charge in [0.1, 0.15) is 6.04 Å². The Labute approximate surface area is 131 Å². The third-order valence-corrected chi connectivity index (χ3v) is 4.79. The number of thioether (sulfide) groups is 1. The molecule has 0 radical (unpaired) electrons. The van der Waals surface area contributed by atoms with Crippen molar-refractivity contribution in [3.63, 3.8) is 0 Å². The molecule has 1 aliphatic rings. The fourth-order valence-corrected chi connectivity index (χ4v) is 3.70. The van der Waals surface area contributed by atoms with E-state index in [0.717, 1.165) is 18.7 Å². The SMILES string of the molecule is CCNC(CCSc1ccc2c(c1)CCC2)C(=O)OCC. The van der Waals surface area contributed by atoms with E-state index in [9.17, 15) is 4.79 Å². The first-order valence-electron chi connectivity index (χ1n) is 7.89. The summed E-state index contributed by atoms with van der Waals surface area (Å²) in [5.41, 5.74) is 3.02. The molecule has 116 valence electrons. The standard InChI is InChI=1S/C17H25NO2S/c1-3-18-16(17(19)20-4-2)10-11-21-15-9-8-13-6-5-7-14(13)12-15/h8-9,12,16,18H,3-7,10-11H2,1-2H3. The lowest BCUT2D eigenvalue weighted by Gasteiger charge is -2.16. The number of fused-ring (bicyclic) bond motifs is 1. The number of hydrogen-bond acceptors (Lipinski definition) is 4. The van der Waals surface area contributed by atoms with Gasteiger partial charge < -0.3 is 10.1 Å². The van der Waals surface area contributed by atoms with Gasteiger partial charge in [-0.2, -0.15) is 0 Å². The first-order valence-corrected chi connectivity index (χ1v) is 8.87. The molecular formula is C17H25NO2S. The highest BCUT2D eigenvalue weighted by molar-refractivity contribution is 7.99. The van der Waals surface area contributed by atoms with E-state index in [4.69, 9.17) is 4.74 Å². The molecule has 0 bridgehead atoms. The van der Waals surface area contributed by atoms with Crippen LogP contribution in [0, 0.1) is 0 Å². The molecular weight excluding hydrogens is 282 g/mol. The average Bonchev–Trinajstić information content (AvgIpc) is 2.94. The highest BCUT2D eigenvalue weighted by Gasteiger charge is 2.18. The average molecular weight is 307 g/mol. The maximum absolute atomic E-state index is 11.8. The van der Waals surface area contributed by atoms with Crippen molar-refractivity contribution in [1.29, 1.82) is 0 Å². The Morgan fingerprint density at radius 2 is 2.14 bits per heavy atom. The minimum atomic E-state index is -0.183. The van der Waals surface area contributed by atoms with E-state index in [0.29, 0.717) is 6.61 Å². The Kier molecular flexibility index (Phi) is 6.58. The van der Waals surface area contributed by atoms with Crippen LogP contribution >= 0.6 is 11.8 Å². The van der Waals surface area contributed by atoms with E-state index < -0.39 is 0 Å². The Balaban J connectivity index is 1.82. The number of likely N-dealkylation sites (N-methyl/N-ethyl adjacent to an activating group) is 1. The zero-order chi connectivity index (χ0) is 15.1. The molecule has 0 amide bonds. The number of carbonyl (C=O) groups is 1. The van der Waals surface area contributed by atoms with Crippen molar-refractivity contribution in [3.05, 3.63) is 29.3 Å². The maximum Gasteiger partial charge on any atom is 0.323 e. The molecule has 3 nitrogen and oxygen atoms in total. The molecule has 1 aromatic carbocycles. The van der Waals surface area contributed by atoms with Gasteiger partial charge in [0.2, 0.25) is 0 Å². The lowest BCUT2D eigenvalue weighted by molar-refractivity contribution is -0.145. The van der Waals surface area contributed by atoms with Crippen LogP contribution in [0.4, 0.5) is 0 Å². The normalized spacial score (nSPS) is 14.8. The molecule has 4 heteroatoms. The van der Waals surface area contributed by atoms with Crippen molar-refractivity contribution in [3.8, 4) is 0 Å². The summed E-state index contributed by atoms with van der Waals surface area (Å²) < 4.78 is 5.11. The fourth-order valence-electron chi connectivity index (χ4n) is 2.73. The van der Waals surface area contributed by atoms with E-state index in [2.05, 4.69) is 23.5 Å². The van der Waals surface area contributed by atoms with Crippen molar-refractivity contribution in [2.45, 2.75) is 50.5 Å². The van der Waals surface area contributed by atoms with Crippen LogP contribution in [0.1, 0.15) is 37.8 Å². The van der Waals surface area contributed by atoms with Crippen molar-refractivity contribution in [2.75, 3.05) is 18.9 Å². The summed E-state index contributed by atoms with van der Waals surface area (Å²) in [5.74, 6) is 0.795. The van der Waals surface area contributed by atoms with Crippen LogP contribution in [0.25, 0.3) is 0 Å². The van der Waals surface area contributed by atoms with Gasteiger partial charge in [-0.25, -0.2) is 0 Å². The van der Waals surface area contributed by atoms with E-state index in [1.807, 2.05) is 25.6 Å². The molecule has 1 N–H and O–H groups in total. The van der Waals surface area contributed by atoms with Crippen LogP contribution in [0.2, 0.25) is 0 Å². The van der Waals surface area contributed by atoms with Crippen molar-refractivity contribution < 1.29 is 9.53 Å². The van der Waals surface area contributed by atoms with Crippen LogP contribution < -0.4 is 5.32 Å². The number of aryl methyl sites for hydroxylation is 2. The molecule has 1 aliphatic carbocycles. The van der Waals surface area contributed by atoms with Crippen LogP contribution in [0.3, 0.4) is 0 Å². The van der Waals surface area contributed by atoms with Gasteiger partial charge >= 0.3 is 5.97 Å². The second kappa shape index (κ2) is 8.44. The van der Waals surface area contributed by atoms with Gasteiger partial charge in [0.25, 0.3) is 0 Å². The predicted octanol–water partition coefficient (Wildman–Crippen LogP) is 3.20. The molecule has 0 saturated heterocycles. The number of nitrogens with one attached hydrogen (secondary N) is 1. The Morgan fingerprint density at radius 1 is 1.33 bits per heavy atom. The Hall–Kier alpha value is -1.00. The van der Waals surface area contributed by atoms with E-state index in [1.54, 1.807) is 0 Å². The van der Waals surface area contributed by atoms with Crippen molar-refractivity contribution >= 4 is 17.7 Å². The fraction of sp³-hybridized carbons (Fsp3) is 0.588. The number of hydrogen-bond donors (Lipinski definition) is 1. The molecule has 0 spiro atoms. The number of esters is 1. The maximum atomic E-state index is 11.8. The first kappa shape index (κ1) is 16.4. The van der Waals surface area contributed by atoms with Gasteiger partial charge in [0.05, 0.1) is 6.61 Å². The van der Waals surface area contributed by atoms with Crippen molar-refractivity contribution in [2.24, 2.45) is 0 Å². The molecule has 2 rings (SSSR count). The lowest BCUT2D eigenvalue weighted by atomic mass is 10.1. The predicted molar refractivity (Wildman–Crippen MR) is 87.9 cm³/mol. The molecule has 1 atom stereocenters. The van der Waals surface area contributed by atoms with Crippen LogP contribution in [-0.4, -0.2) is 30.9 Å². The Bertz CT molecular complexity index is 476. The van der Waals surface area contributed by atoms with Crippen LogP contribution in [0.5, 0.6) is 0 Å². The van der Waals surface area contributed by atoms with E-state index >= 15 is 0 Å². The van der Waals surface area contributed by atoms with Gasteiger partial charge in [0, 0.05) is 10.6 Å². The van der Waals surface area contributed by atoms with E-state index in [-0.39, 0.29) is 12.0 Å². The zero-order valence-corrected chi connectivity index (χ0v) is 13.8. The zero-order valence-electron chi connectivity index (χ0n) is 13.0. The highest BCUT2D eigenvalue weighted by atomic mass is 32.2. The minimum absolute atomic E-state index is 0.131. The molecule has 1 aromatic rings. The quantitative estimate of drug-likeness (QED) is 0.591. The van der Waals surface area contributed by atoms with Gasteiger partial charge in [-0.3, -0.25) is 4.79 Å². The molecule has 0 fully saturated rings. The largest absolute Gasteiger partial charge is 0.465 e. The van der Waals surface area contributed by atoms with Gasteiger partial charge in [-0.05, 0) is 62.4 Å². The monoisotopic (exact) mass is 307 g/mol. The van der Waals surface area contributed by atoms with Gasteiger partial charge in [-0.1, -0.05) is 13.0 Å². The van der Waals surface area contributed by atoms with Crippen LogP contribution in [-0.2, 0) is 22.4 Å². The molecule has 0 aromatic heterocycles. The molecule has 0 aliphatic heterocycles. The summed E-state index contributed by atoms with van der Waals surface area (Å²) in [6, 6.07) is 6.61. The lowest BCUT2D eigenvalue weighted by Crippen LogP contribution is -2.38. The molecule has 1 unspecified atom stereocenters. The summed E-state index contributed by atoms with van der Waals surface area (Å²) in [4.78, 5) is 13.1. The summed E-state index contributed by atoms with van der Waals surface area (Å²) in [6.45, 7) is 5.09. The summed E-state index contributed by atoms with van der Waals surface area (Å²) in [5, 5.41) is 3.21. The third kappa shape index (κ3) is 4.75. The second-order valence-corrected chi connectivity index (χ2v) is 6.45. The topological polar surface area (TPSA) is 38.3 Å². The number of benzene rings is 1. The number of ether oxygens (including phenoxy) is 1. The van der Waals surface area contributed by atoms with Gasteiger partial charge in [-0.15, -0.1) is 11.8 Å².